The van der Waals surface area contributed by atoms with Crippen molar-refractivity contribution < 1.29 is 9.18 Å². The third-order valence-electron chi connectivity index (χ3n) is 3.89. The number of nitrogens with one attached hydrogen (secondary N) is 2. The number of aromatic amines is 1. The summed E-state index contributed by atoms with van der Waals surface area (Å²) in [5.74, 6) is 0.0734. The van der Waals surface area contributed by atoms with Gasteiger partial charge in [-0.1, -0.05) is 24.3 Å². The number of fused-ring (bicyclic) bond motifs is 1. The van der Waals surface area contributed by atoms with Gasteiger partial charge in [-0.2, -0.15) is 0 Å². The zero-order chi connectivity index (χ0) is 17.2. The van der Waals surface area contributed by atoms with Crippen LogP contribution in [0.1, 0.15) is 10.4 Å². The van der Waals surface area contributed by atoms with Crippen LogP contribution < -0.4 is 5.32 Å². The van der Waals surface area contributed by atoms with Gasteiger partial charge in [0.15, 0.2) is 0 Å². The van der Waals surface area contributed by atoms with E-state index >= 15 is 0 Å². The predicted octanol–water partition coefficient (Wildman–Crippen LogP) is 5.04. The number of carbonyl (C=O) groups is 1. The largest absolute Gasteiger partial charge is 0.338 e. The van der Waals surface area contributed by atoms with E-state index in [1.54, 1.807) is 6.07 Å². The van der Waals surface area contributed by atoms with Crippen LogP contribution in [0.15, 0.2) is 72.8 Å². The fourth-order valence-corrected chi connectivity index (χ4v) is 2.64. The normalized spacial score (nSPS) is 10.3. The molecule has 0 spiro atoms. The Morgan fingerprint density at radius 1 is 0.962 bits per heavy atom. The van der Waals surface area contributed by atoms with Gasteiger partial charge in [0, 0.05) is 16.8 Å². The quantitative estimate of drug-likeness (QED) is 0.532. The molecule has 1 heterocycles. The topological polar surface area (TPSA) is 57.8 Å². The first kappa shape index (κ1) is 17.6. The minimum atomic E-state index is -0.372. The average Bonchev–Trinajstić information content (AvgIpc) is 3.07. The Bertz CT molecular complexity index is 1030. The van der Waals surface area contributed by atoms with Crippen molar-refractivity contribution in [1.29, 1.82) is 0 Å². The van der Waals surface area contributed by atoms with E-state index in [0.29, 0.717) is 11.3 Å². The second kappa shape index (κ2) is 7.37. The summed E-state index contributed by atoms with van der Waals surface area (Å²) in [5, 5.41) is 2.82. The summed E-state index contributed by atoms with van der Waals surface area (Å²) in [7, 11) is 0. The van der Waals surface area contributed by atoms with Crippen LogP contribution in [0.2, 0.25) is 0 Å². The first-order valence-electron chi connectivity index (χ1n) is 7.81. The van der Waals surface area contributed by atoms with Crippen molar-refractivity contribution >= 4 is 35.0 Å². The summed E-state index contributed by atoms with van der Waals surface area (Å²) < 4.78 is 13.0. The molecule has 4 aromatic rings. The lowest BCUT2D eigenvalue weighted by molar-refractivity contribution is 0.102. The fourth-order valence-electron chi connectivity index (χ4n) is 2.64. The van der Waals surface area contributed by atoms with Gasteiger partial charge in [-0.25, -0.2) is 9.37 Å². The highest BCUT2D eigenvalue weighted by molar-refractivity contribution is 6.04. The van der Waals surface area contributed by atoms with Crippen molar-refractivity contribution in [3.63, 3.8) is 0 Å². The molecule has 0 saturated carbocycles. The molecule has 0 aliphatic carbocycles. The Kier molecular flexibility index (Phi) is 5.00. The number of hydrogen-bond donors (Lipinski definition) is 2. The molecular formula is C20H15ClFN3O. The number of benzene rings is 3. The molecule has 6 heteroatoms. The van der Waals surface area contributed by atoms with Crippen LogP contribution in [0.25, 0.3) is 22.4 Å². The van der Waals surface area contributed by atoms with E-state index in [0.717, 1.165) is 22.4 Å². The summed E-state index contributed by atoms with van der Waals surface area (Å²) >= 11 is 0. The number of H-pyrrole nitrogens is 1. The number of rotatable bonds is 3. The van der Waals surface area contributed by atoms with E-state index in [-0.39, 0.29) is 24.1 Å². The van der Waals surface area contributed by atoms with Crippen molar-refractivity contribution in [2.45, 2.75) is 0 Å². The summed E-state index contributed by atoms with van der Waals surface area (Å²) in [6.07, 6.45) is 0. The Hall–Kier alpha value is -3.18. The van der Waals surface area contributed by atoms with Crippen LogP contribution in [0, 0.1) is 5.82 Å². The van der Waals surface area contributed by atoms with Crippen LogP contribution >= 0.6 is 12.4 Å². The summed E-state index contributed by atoms with van der Waals surface area (Å²) in [6, 6.07) is 20.6. The number of nitrogens with zero attached hydrogens (tertiary/aromatic N) is 1. The highest BCUT2D eigenvalue weighted by Crippen LogP contribution is 2.23. The number of aromatic nitrogens is 2. The van der Waals surface area contributed by atoms with Gasteiger partial charge < -0.3 is 10.3 Å². The Morgan fingerprint density at radius 3 is 2.50 bits per heavy atom. The van der Waals surface area contributed by atoms with Crippen molar-refractivity contribution in [1.82, 2.24) is 9.97 Å². The molecule has 130 valence electrons. The van der Waals surface area contributed by atoms with Crippen molar-refractivity contribution in [2.75, 3.05) is 5.32 Å². The van der Waals surface area contributed by atoms with Crippen LogP contribution in [0.5, 0.6) is 0 Å². The van der Waals surface area contributed by atoms with E-state index in [4.69, 9.17) is 0 Å². The molecule has 0 unspecified atom stereocenters. The third kappa shape index (κ3) is 3.58. The molecule has 0 bridgehead atoms. The molecule has 4 nitrogen and oxygen atoms in total. The maximum absolute atomic E-state index is 13.0. The molecule has 3 aromatic carbocycles. The minimum absolute atomic E-state index is 0. The second-order valence-corrected chi connectivity index (χ2v) is 5.64. The van der Waals surface area contributed by atoms with Gasteiger partial charge in [-0.15, -0.1) is 12.4 Å². The number of hydrogen-bond acceptors (Lipinski definition) is 2. The van der Waals surface area contributed by atoms with Gasteiger partial charge in [-0.3, -0.25) is 4.79 Å². The van der Waals surface area contributed by atoms with Crippen LogP contribution in [-0.4, -0.2) is 15.9 Å². The van der Waals surface area contributed by atoms with E-state index in [9.17, 15) is 9.18 Å². The number of anilines is 1. The molecule has 0 saturated heterocycles. The fraction of sp³-hybridized carbons (Fsp3) is 0. The van der Waals surface area contributed by atoms with Gasteiger partial charge in [0.2, 0.25) is 0 Å². The Morgan fingerprint density at radius 2 is 1.73 bits per heavy atom. The van der Waals surface area contributed by atoms with Crippen LogP contribution in [0.4, 0.5) is 10.1 Å². The van der Waals surface area contributed by atoms with Crippen molar-refractivity contribution in [2.24, 2.45) is 0 Å². The lowest BCUT2D eigenvalue weighted by atomic mass is 10.1. The monoisotopic (exact) mass is 367 g/mol. The van der Waals surface area contributed by atoms with Gasteiger partial charge in [0.05, 0.1) is 11.0 Å². The number of halogens is 2. The van der Waals surface area contributed by atoms with E-state index in [1.807, 2.05) is 42.5 Å². The standard InChI is InChI=1S/C20H14FN3O.ClH/c21-15-10-8-13(9-11-15)20(25)22-16-5-3-4-14(12-16)19-23-17-6-1-2-7-18(17)24-19;/h1-12H,(H,22,25)(H,23,24);1H. The number of para-hydroxylation sites is 2. The molecule has 1 amide bonds. The lowest BCUT2D eigenvalue weighted by Crippen LogP contribution is -2.11. The molecule has 0 aliphatic heterocycles. The van der Waals surface area contributed by atoms with E-state index in [2.05, 4.69) is 15.3 Å². The molecule has 26 heavy (non-hydrogen) atoms. The highest BCUT2D eigenvalue weighted by Gasteiger charge is 2.09. The van der Waals surface area contributed by atoms with Gasteiger partial charge >= 0.3 is 0 Å². The van der Waals surface area contributed by atoms with Gasteiger partial charge in [-0.05, 0) is 48.5 Å². The Labute approximate surface area is 155 Å². The molecule has 0 atom stereocenters. The average molecular weight is 368 g/mol. The minimum Gasteiger partial charge on any atom is -0.338 e. The predicted molar refractivity (Wildman–Crippen MR) is 103 cm³/mol. The Balaban J connectivity index is 0.00000196. The molecule has 0 radical (unpaired) electrons. The molecule has 0 fully saturated rings. The zero-order valence-electron chi connectivity index (χ0n) is 13.6. The number of amides is 1. The van der Waals surface area contributed by atoms with E-state index < -0.39 is 0 Å². The first-order valence-corrected chi connectivity index (χ1v) is 7.81. The number of imidazole rings is 1. The molecule has 2 N–H and O–H groups in total. The summed E-state index contributed by atoms with van der Waals surface area (Å²) in [5.41, 5.74) is 3.76. The number of carbonyl (C=O) groups excluding carboxylic acids is 1. The summed E-state index contributed by atoms with van der Waals surface area (Å²) in [6.45, 7) is 0. The smallest absolute Gasteiger partial charge is 0.255 e. The van der Waals surface area contributed by atoms with Crippen LogP contribution in [0.3, 0.4) is 0 Å². The maximum atomic E-state index is 13.0. The molecule has 4 rings (SSSR count). The second-order valence-electron chi connectivity index (χ2n) is 5.64. The SMILES string of the molecule is Cl.O=C(Nc1cccc(-c2nc3ccccc3[nH]2)c1)c1ccc(F)cc1. The zero-order valence-corrected chi connectivity index (χ0v) is 14.4. The van der Waals surface area contributed by atoms with Gasteiger partial charge in [0.25, 0.3) is 5.91 Å². The van der Waals surface area contributed by atoms with Gasteiger partial charge in [0.1, 0.15) is 11.6 Å². The summed E-state index contributed by atoms with van der Waals surface area (Å²) in [4.78, 5) is 20.1. The third-order valence-corrected chi connectivity index (χ3v) is 3.89. The lowest BCUT2D eigenvalue weighted by Gasteiger charge is -2.06. The molecular weight excluding hydrogens is 353 g/mol. The first-order chi connectivity index (χ1) is 12.2. The highest BCUT2D eigenvalue weighted by atomic mass is 35.5. The molecule has 1 aromatic heterocycles. The van der Waals surface area contributed by atoms with Crippen molar-refractivity contribution in [3.05, 3.63) is 84.2 Å². The molecule has 0 aliphatic rings. The van der Waals surface area contributed by atoms with Crippen LogP contribution in [-0.2, 0) is 0 Å². The van der Waals surface area contributed by atoms with Crippen molar-refractivity contribution in [3.8, 4) is 11.4 Å². The van der Waals surface area contributed by atoms with E-state index in [1.165, 1.54) is 24.3 Å². The maximum Gasteiger partial charge on any atom is 0.255 e.